The van der Waals surface area contributed by atoms with Gasteiger partial charge in [0.25, 0.3) is 0 Å². The zero-order valence-electron chi connectivity index (χ0n) is 24.1. The summed E-state index contributed by atoms with van der Waals surface area (Å²) in [5.74, 6) is -0.967. The van der Waals surface area contributed by atoms with Crippen LogP contribution < -0.4 is 4.90 Å². The monoisotopic (exact) mass is 566 g/mol. The second-order valence-corrected chi connectivity index (χ2v) is 11.2. The molecule has 0 amide bonds. The Morgan fingerprint density at radius 1 is 1.12 bits per heavy atom. The van der Waals surface area contributed by atoms with Crippen molar-refractivity contribution in [3.05, 3.63) is 72.4 Å². The first-order valence-electron chi connectivity index (χ1n) is 14.7. The van der Waals surface area contributed by atoms with Gasteiger partial charge in [0.15, 0.2) is 0 Å². The first kappa shape index (κ1) is 29.1. The molecule has 0 bridgehead atoms. The van der Waals surface area contributed by atoms with E-state index in [-0.39, 0.29) is 18.2 Å². The molecule has 1 N–H and O–H groups in total. The minimum Gasteiger partial charge on any atom is -0.381 e. The van der Waals surface area contributed by atoms with Crippen molar-refractivity contribution in [2.24, 2.45) is 5.92 Å². The van der Waals surface area contributed by atoms with E-state index in [1.807, 2.05) is 6.07 Å². The van der Waals surface area contributed by atoms with Gasteiger partial charge < -0.3 is 14.7 Å². The Bertz CT molecular complexity index is 1420. The summed E-state index contributed by atoms with van der Waals surface area (Å²) in [7, 11) is 0. The molecule has 3 atom stereocenters. The van der Waals surface area contributed by atoms with Gasteiger partial charge in [-0.2, -0.15) is 10.2 Å². The van der Waals surface area contributed by atoms with E-state index in [0.717, 1.165) is 74.1 Å². The molecule has 0 spiro atoms. The van der Waals surface area contributed by atoms with Gasteiger partial charge in [0.05, 0.1) is 30.4 Å². The van der Waals surface area contributed by atoms with Crippen LogP contribution in [-0.2, 0) is 16.9 Å². The summed E-state index contributed by atoms with van der Waals surface area (Å²) in [4.78, 5) is 6.39. The maximum absolute atomic E-state index is 15.1. The number of hydrogen-bond acceptors (Lipinski definition) is 6. The van der Waals surface area contributed by atoms with Crippen LogP contribution >= 0.6 is 0 Å². The van der Waals surface area contributed by atoms with Crippen LogP contribution in [0.1, 0.15) is 64.5 Å². The minimum atomic E-state index is -1.80. The van der Waals surface area contributed by atoms with Gasteiger partial charge >= 0.3 is 0 Å². The second kappa shape index (κ2) is 12.7. The highest BCUT2D eigenvalue weighted by molar-refractivity contribution is 5.83. The summed E-state index contributed by atoms with van der Waals surface area (Å²) in [6.07, 6.45) is 10.4. The lowest BCUT2D eigenvalue weighted by Gasteiger charge is -2.35. The van der Waals surface area contributed by atoms with Gasteiger partial charge in [-0.05, 0) is 56.4 Å². The lowest BCUT2D eigenvalue weighted by Crippen LogP contribution is -2.41. The third-order valence-corrected chi connectivity index (χ3v) is 8.60. The standard InChI is InChI=1S/C31H40F2N6O2/c1-4-23(5-2)17-37(18-27-8-6-7-13-41-27)26-10-12-30-24(14-26)16-35-39(30)22(3)31(40,19-38-21-34-20-36-38)28-11-9-25(32)15-29(28)33/h9-12,14-16,20-23,27,40H,4-8,13,17-19H2,1-3H3/t22-,27?,31-/m1/s1. The van der Waals surface area contributed by atoms with Crippen LogP contribution in [0.4, 0.5) is 14.5 Å². The van der Waals surface area contributed by atoms with Crippen molar-refractivity contribution in [3.8, 4) is 0 Å². The minimum absolute atomic E-state index is 0.0361. The number of aliphatic hydroxyl groups is 1. The molecule has 3 heterocycles. The number of halogens is 2. The highest BCUT2D eigenvalue weighted by atomic mass is 19.1. The Morgan fingerprint density at radius 3 is 2.63 bits per heavy atom. The molecule has 1 fully saturated rings. The topological polar surface area (TPSA) is 81.2 Å². The molecule has 0 saturated carbocycles. The van der Waals surface area contributed by atoms with E-state index in [9.17, 15) is 9.50 Å². The smallest absolute Gasteiger partial charge is 0.137 e. The summed E-state index contributed by atoms with van der Waals surface area (Å²) < 4.78 is 38.1. The Morgan fingerprint density at radius 2 is 1.95 bits per heavy atom. The van der Waals surface area contributed by atoms with Crippen LogP contribution in [0.25, 0.3) is 10.9 Å². The lowest BCUT2D eigenvalue weighted by molar-refractivity contribution is -0.0354. The van der Waals surface area contributed by atoms with Gasteiger partial charge in [-0.15, -0.1) is 0 Å². The third kappa shape index (κ3) is 6.28. The van der Waals surface area contributed by atoms with E-state index >= 15 is 4.39 Å². The molecule has 41 heavy (non-hydrogen) atoms. The number of nitrogens with zero attached hydrogens (tertiary/aromatic N) is 6. The summed E-state index contributed by atoms with van der Waals surface area (Å²) in [6.45, 7) is 8.77. The fourth-order valence-corrected chi connectivity index (χ4v) is 5.93. The van der Waals surface area contributed by atoms with Crippen molar-refractivity contribution in [2.45, 2.75) is 77.2 Å². The first-order valence-corrected chi connectivity index (χ1v) is 14.7. The van der Waals surface area contributed by atoms with E-state index in [1.54, 1.807) is 17.8 Å². The zero-order valence-corrected chi connectivity index (χ0v) is 24.1. The number of fused-ring (bicyclic) bond motifs is 1. The lowest BCUT2D eigenvalue weighted by atomic mass is 9.86. The summed E-state index contributed by atoms with van der Waals surface area (Å²) >= 11 is 0. The molecule has 2 aromatic carbocycles. The zero-order chi connectivity index (χ0) is 29.0. The van der Waals surface area contributed by atoms with Gasteiger partial charge in [0.2, 0.25) is 0 Å². The van der Waals surface area contributed by atoms with Crippen LogP contribution in [0.15, 0.2) is 55.2 Å². The highest BCUT2D eigenvalue weighted by Gasteiger charge is 2.41. The Balaban J connectivity index is 1.49. The number of hydrogen-bond donors (Lipinski definition) is 1. The van der Waals surface area contributed by atoms with Gasteiger partial charge in [-0.25, -0.2) is 18.4 Å². The molecular weight excluding hydrogens is 526 g/mol. The van der Waals surface area contributed by atoms with Crippen LogP contribution in [0.5, 0.6) is 0 Å². The molecule has 0 aliphatic carbocycles. The van der Waals surface area contributed by atoms with Crippen molar-refractivity contribution in [1.29, 1.82) is 0 Å². The maximum Gasteiger partial charge on any atom is 0.137 e. The van der Waals surface area contributed by atoms with Crippen LogP contribution in [0.2, 0.25) is 0 Å². The molecule has 4 aromatic rings. The van der Waals surface area contributed by atoms with Gasteiger partial charge in [-0.1, -0.05) is 32.8 Å². The SMILES string of the molecule is CCC(CC)CN(CC1CCCCO1)c1ccc2c(cnn2[C@H](C)[C@](O)(Cn2cncn2)c2ccc(F)cc2F)c1. The predicted octanol–water partition coefficient (Wildman–Crippen LogP) is 5.87. The fourth-order valence-electron chi connectivity index (χ4n) is 5.93. The van der Waals surface area contributed by atoms with E-state index in [4.69, 9.17) is 4.74 Å². The predicted molar refractivity (Wildman–Crippen MR) is 155 cm³/mol. The molecule has 8 nitrogen and oxygen atoms in total. The Hall–Kier alpha value is -3.37. The number of ether oxygens (including phenoxy) is 1. The number of rotatable bonds is 12. The molecule has 2 aromatic heterocycles. The molecule has 1 aliphatic heterocycles. The normalized spacial score (nSPS) is 18.1. The maximum atomic E-state index is 15.1. The van der Waals surface area contributed by atoms with Crippen LogP contribution in [-0.4, -0.2) is 55.5 Å². The molecule has 220 valence electrons. The fraction of sp³-hybridized carbons (Fsp3) is 0.516. The molecule has 10 heteroatoms. The van der Waals surface area contributed by atoms with E-state index in [0.29, 0.717) is 5.92 Å². The largest absolute Gasteiger partial charge is 0.381 e. The number of benzene rings is 2. The van der Waals surface area contributed by atoms with Crippen molar-refractivity contribution < 1.29 is 18.6 Å². The highest BCUT2D eigenvalue weighted by Crippen LogP contribution is 2.38. The second-order valence-electron chi connectivity index (χ2n) is 11.2. The number of anilines is 1. The van der Waals surface area contributed by atoms with E-state index in [2.05, 4.69) is 46.1 Å². The average Bonchev–Trinajstić information content (AvgIpc) is 3.64. The molecule has 1 aliphatic rings. The van der Waals surface area contributed by atoms with E-state index < -0.39 is 23.3 Å². The quantitative estimate of drug-likeness (QED) is 0.231. The van der Waals surface area contributed by atoms with Crippen molar-refractivity contribution in [1.82, 2.24) is 24.5 Å². The molecule has 1 saturated heterocycles. The van der Waals surface area contributed by atoms with Crippen molar-refractivity contribution in [3.63, 3.8) is 0 Å². The van der Waals surface area contributed by atoms with E-state index in [1.165, 1.54) is 29.8 Å². The summed E-state index contributed by atoms with van der Waals surface area (Å²) in [5.41, 5.74) is 0.0690. The molecule has 0 radical (unpaired) electrons. The molecule has 1 unspecified atom stereocenters. The molecule has 5 rings (SSSR count). The average molecular weight is 567 g/mol. The molecular formula is C31H40F2N6O2. The van der Waals surface area contributed by atoms with Crippen molar-refractivity contribution >= 4 is 16.6 Å². The number of aromatic nitrogens is 5. The Labute approximate surface area is 239 Å². The van der Waals surface area contributed by atoms with Gasteiger partial charge in [0, 0.05) is 42.4 Å². The van der Waals surface area contributed by atoms with Crippen LogP contribution in [0.3, 0.4) is 0 Å². The Kier molecular flexibility index (Phi) is 8.99. The van der Waals surface area contributed by atoms with Crippen molar-refractivity contribution in [2.75, 3.05) is 24.6 Å². The summed E-state index contributed by atoms with van der Waals surface area (Å²) in [5, 5.41) is 21.7. The van der Waals surface area contributed by atoms with Gasteiger partial charge in [-0.3, -0.25) is 4.68 Å². The summed E-state index contributed by atoms with van der Waals surface area (Å²) in [6, 6.07) is 8.71. The first-order chi connectivity index (χ1) is 19.8. The third-order valence-electron chi connectivity index (χ3n) is 8.60. The van der Waals surface area contributed by atoms with Gasteiger partial charge in [0.1, 0.15) is 29.9 Å². The van der Waals surface area contributed by atoms with Crippen LogP contribution in [0, 0.1) is 17.6 Å².